The van der Waals surface area contributed by atoms with Crippen LogP contribution in [0, 0.1) is 3.57 Å². The van der Waals surface area contributed by atoms with Crippen LogP contribution in [-0.2, 0) is 0 Å². The van der Waals surface area contributed by atoms with Crippen molar-refractivity contribution in [3.8, 4) is 0 Å². The zero-order valence-electron chi connectivity index (χ0n) is 8.91. The molecule has 2 rings (SSSR count). The predicted molar refractivity (Wildman–Crippen MR) is 76.8 cm³/mol. The van der Waals surface area contributed by atoms with Gasteiger partial charge in [-0.25, -0.2) is 0 Å². The molecule has 0 fully saturated rings. The zero-order chi connectivity index (χ0) is 12.3. The summed E-state index contributed by atoms with van der Waals surface area (Å²) in [5.41, 5.74) is 0.898. The van der Waals surface area contributed by atoms with Crippen molar-refractivity contribution in [2.45, 2.75) is 0 Å². The Labute approximate surface area is 117 Å². The summed E-state index contributed by atoms with van der Waals surface area (Å²) in [7, 11) is 1.72. The van der Waals surface area contributed by atoms with Gasteiger partial charge in [-0.15, -0.1) is 0 Å². The van der Waals surface area contributed by atoms with E-state index < -0.39 is 0 Å². The number of hydrogen-bond acceptors (Lipinski definition) is 5. The van der Waals surface area contributed by atoms with Crippen LogP contribution in [0.15, 0.2) is 24.3 Å². The summed E-state index contributed by atoms with van der Waals surface area (Å²) in [6.07, 6.45) is 0. The second-order valence-corrected chi connectivity index (χ2v) is 4.72. The molecule has 7 heteroatoms. The maximum Gasteiger partial charge on any atom is 0.233 e. The van der Waals surface area contributed by atoms with E-state index in [0.29, 0.717) is 11.9 Å². The number of halogens is 2. The van der Waals surface area contributed by atoms with Gasteiger partial charge < -0.3 is 10.6 Å². The summed E-state index contributed by atoms with van der Waals surface area (Å²) >= 11 is 8.02. The molecule has 17 heavy (non-hydrogen) atoms. The smallest absolute Gasteiger partial charge is 0.233 e. The molecule has 1 heterocycles. The van der Waals surface area contributed by atoms with E-state index in [1.54, 1.807) is 7.05 Å². The minimum Gasteiger partial charge on any atom is -0.357 e. The Balaban J connectivity index is 2.23. The fourth-order valence-electron chi connectivity index (χ4n) is 1.18. The standard InChI is InChI=1S/C10H9ClIN5/c1-13-9-15-8(11)16-10(17-9)14-7-4-2-6(12)3-5-7/h2-5H,1H3,(H2,13,14,15,16,17). The second-order valence-electron chi connectivity index (χ2n) is 3.13. The quantitative estimate of drug-likeness (QED) is 0.823. The molecule has 1 aromatic carbocycles. The maximum atomic E-state index is 5.78. The molecule has 0 radical (unpaired) electrons. The number of aromatic nitrogens is 3. The molecule has 0 aliphatic carbocycles. The first-order valence-corrected chi connectivity index (χ1v) is 6.25. The Kier molecular flexibility index (Phi) is 3.95. The van der Waals surface area contributed by atoms with Gasteiger partial charge in [-0.2, -0.15) is 15.0 Å². The molecule has 0 unspecified atom stereocenters. The van der Waals surface area contributed by atoms with Crippen molar-refractivity contribution in [2.24, 2.45) is 0 Å². The van der Waals surface area contributed by atoms with Crippen molar-refractivity contribution in [1.29, 1.82) is 0 Å². The lowest BCUT2D eigenvalue weighted by atomic mass is 10.3. The normalized spacial score (nSPS) is 10.1. The Morgan fingerprint density at radius 3 is 2.35 bits per heavy atom. The van der Waals surface area contributed by atoms with Crippen molar-refractivity contribution in [2.75, 3.05) is 17.7 Å². The van der Waals surface area contributed by atoms with Crippen LogP contribution in [0.4, 0.5) is 17.6 Å². The maximum absolute atomic E-state index is 5.78. The van der Waals surface area contributed by atoms with Crippen molar-refractivity contribution in [3.63, 3.8) is 0 Å². The molecule has 0 amide bonds. The number of nitrogens with zero attached hydrogens (tertiary/aromatic N) is 3. The molecule has 0 saturated heterocycles. The van der Waals surface area contributed by atoms with Gasteiger partial charge in [0.15, 0.2) is 0 Å². The molecule has 88 valence electrons. The third kappa shape index (κ3) is 3.40. The van der Waals surface area contributed by atoms with Crippen LogP contribution in [0.25, 0.3) is 0 Å². The lowest BCUT2D eigenvalue weighted by Gasteiger charge is -2.06. The molecular formula is C10H9ClIN5. The highest BCUT2D eigenvalue weighted by atomic mass is 127. The van der Waals surface area contributed by atoms with Gasteiger partial charge in [0.25, 0.3) is 0 Å². The summed E-state index contributed by atoms with van der Waals surface area (Å²) < 4.78 is 1.16. The van der Waals surface area contributed by atoms with E-state index in [2.05, 4.69) is 48.2 Å². The van der Waals surface area contributed by atoms with E-state index in [9.17, 15) is 0 Å². The first kappa shape index (κ1) is 12.3. The van der Waals surface area contributed by atoms with E-state index in [4.69, 9.17) is 11.6 Å². The topological polar surface area (TPSA) is 62.7 Å². The lowest BCUT2D eigenvalue weighted by molar-refractivity contribution is 1.05. The third-order valence-corrected chi connectivity index (χ3v) is 2.82. The van der Waals surface area contributed by atoms with Crippen LogP contribution < -0.4 is 10.6 Å². The largest absolute Gasteiger partial charge is 0.357 e. The molecule has 0 spiro atoms. The Morgan fingerprint density at radius 1 is 1.06 bits per heavy atom. The van der Waals surface area contributed by atoms with E-state index in [-0.39, 0.29) is 5.28 Å². The van der Waals surface area contributed by atoms with Gasteiger partial charge >= 0.3 is 0 Å². The van der Waals surface area contributed by atoms with Crippen LogP contribution in [0.5, 0.6) is 0 Å². The van der Waals surface area contributed by atoms with Crippen LogP contribution in [-0.4, -0.2) is 22.0 Å². The van der Waals surface area contributed by atoms with Gasteiger partial charge in [-0.3, -0.25) is 0 Å². The Bertz CT molecular complexity index is 517. The number of rotatable bonds is 3. The Hall–Kier alpha value is -1.15. The van der Waals surface area contributed by atoms with Crippen molar-refractivity contribution >= 4 is 51.8 Å². The van der Waals surface area contributed by atoms with Crippen LogP contribution >= 0.6 is 34.2 Å². The van der Waals surface area contributed by atoms with Crippen molar-refractivity contribution in [1.82, 2.24) is 15.0 Å². The average molecular weight is 362 g/mol. The molecule has 0 aliphatic heterocycles. The van der Waals surface area contributed by atoms with Crippen molar-refractivity contribution in [3.05, 3.63) is 33.1 Å². The number of hydrogen-bond donors (Lipinski definition) is 2. The summed E-state index contributed by atoms with van der Waals surface area (Å²) in [5.74, 6) is 0.841. The predicted octanol–water partition coefficient (Wildman–Crippen LogP) is 2.91. The molecule has 0 bridgehead atoms. The fourth-order valence-corrected chi connectivity index (χ4v) is 1.70. The fraction of sp³-hybridized carbons (Fsp3) is 0.100. The highest BCUT2D eigenvalue weighted by molar-refractivity contribution is 14.1. The van der Waals surface area contributed by atoms with E-state index >= 15 is 0 Å². The van der Waals surface area contributed by atoms with Gasteiger partial charge in [0.05, 0.1) is 0 Å². The SMILES string of the molecule is CNc1nc(Cl)nc(Nc2ccc(I)cc2)n1. The Morgan fingerprint density at radius 2 is 1.71 bits per heavy atom. The molecule has 0 atom stereocenters. The lowest BCUT2D eigenvalue weighted by Crippen LogP contribution is -2.03. The molecule has 2 aromatic rings. The molecule has 5 nitrogen and oxygen atoms in total. The number of benzene rings is 1. The molecule has 1 aromatic heterocycles. The summed E-state index contributed by atoms with van der Waals surface area (Å²) in [4.78, 5) is 12.0. The second kappa shape index (κ2) is 5.46. The first-order valence-electron chi connectivity index (χ1n) is 4.79. The molecular weight excluding hydrogens is 353 g/mol. The first-order chi connectivity index (χ1) is 8.17. The van der Waals surface area contributed by atoms with Gasteiger partial charge in [0, 0.05) is 16.3 Å². The minimum absolute atomic E-state index is 0.150. The van der Waals surface area contributed by atoms with E-state index in [1.807, 2.05) is 24.3 Å². The number of nitrogens with one attached hydrogen (secondary N) is 2. The molecule has 0 saturated carbocycles. The minimum atomic E-state index is 0.150. The van der Waals surface area contributed by atoms with E-state index in [1.165, 1.54) is 0 Å². The summed E-state index contributed by atoms with van der Waals surface area (Å²) in [6, 6.07) is 7.87. The summed E-state index contributed by atoms with van der Waals surface area (Å²) in [6.45, 7) is 0. The van der Waals surface area contributed by atoms with Gasteiger partial charge in [0.1, 0.15) is 0 Å². The van der Waals surface area contributed by atoms with Gasteiger partial charge in [-0.05, 0) is 58.5 Å². The van der Waals surface area contributed by atoms with E-state index in [0.717, 1.165) is 9.26 Å². The van der Waals surface area contributed by atoms with Gasteiger partial charge in [-0.1, -0.05) is 0 Å². The molecule has 0 aliphatic rings. The van der Waals surface area contributed by atoms with Crippen LogP contribution in [0.1, 0.15) is 0 Å². The third-order valence-electron chi connectivity index (χ3n) is 1.93. The zero-order valence-corrected chi connectivity index (χ0v) is 11.8. The number of anilines is 3. The van der Waals surface area contributed by atoms with Crippen LogP contribution in [0.3, 0.4) is 0 Å². The van der Waals surface area contributed by atoms with Crippen molar-refractivity contribution < 1.29 is 0 Å². The summed E-state index contributed by atoms with van der Waals surface area (Å²) in [5, 5.41) is 6.02. The highest BCUT2D eigenvalue weighted by Crippen LogP contribution is 2.16. The average Bonchev–Trinajstić information content (AvgIpc) is 2.31. The highest BCUT2D eigenvalue weighted by Gasteiger charge is 2.03. The van der Waals surface area contributed by atoms with Crippen LogP contribution in [0.2, 0.25) is 5.28 Å². The molecule has 2 N–H and O–H groups in total. The van der Waals surface area contributed by atoms with Gasteiger partial charge in [0.2, 0.25) is 17.2 Å². The monoisotopic (exact) mass is 361 g/mol.